The monoisotopic (exact) mass is 365 g/mol. The minimum atomic E-state index is -0.827. The number of amides is 3. The molecule has 3 amide bonds. The van der Waals surface area contributed by atoms with Crippen LogP contribution in [-0.4, -0.2) is 36.5 Å². The molecule has 0 unspecified atom stereocenters. The molecule has 0 saturated carbocycles. The molecule has 0 radical (unpaired) electrons. The Labute approximate surface area is 153 Å². The molecule has 144 valence electrons. The van der Waals surface area contributed by atoms with Gasteiger partial charge in [0, 0.05) is 6.92 Å². The lowest BCUT2D eigenvalue weighted by Crippen LogP contribution is -2.55. The molecule has 26 heavy (non-hydrogen) atoms. The first-order valence-corrected chi connectivity index (χ1v) is 8.50. The fraction of sp³-hybridized carbons (Fsp3) is 0.500. The first-order valence-electron chi connectivity index (χ1n) is 8.50. The quantitative estimate of drug-likeness (QED) is 0.600. The van der Waals surface area contributed by atoms with E-state index in [1.165, 1.54) is 6.92 Å². The van der Waals surface area contributed by atoms with Crippen molar-refractivity contribution in [3.8, 4) is 11.5 Å². The summed E-state index contributed by atoms with van der Waals surface area (Å²) in [4.78, 5) is 35.4. The number of hydrogen-bond acceptors (Lipinski definition) is 5. The van der Waals surface area contributed by atoms with Crippen LogP contribution in [0, 0.1) is 5.92 Å². The molecule has 0 saturated heterocycles. The zero-order chi connectivity index (χ0) is 19.7. The average molecular weight is 365 g/mol. The number of carbonyl (C=O) groups excluding carboxylic acids is 3. The highest BCUT2D eigenvalue weighted by atomic mass is 16.5. The maximum atomic E-state index is 12.1. The van der Waals surface area contributed by atoms with Gasteiger partial charge in [-0.2, -0.15) is 0 Å². The lowest BCUT2D eigenvalue weighted by Gasteiger charge is -2.22. The number of carbonyl (C=O) groups is 3. The van der Waals surface area contributed by atoms with Crippen LogP contribution in [0.5, 0.6) is 11.5 Å². The van der Waals surface area contributed by atoms with Crippen LogP contribution in [0.4, 0.5) is 0 Å². The molecule has 8 nitrogen and oxygen atoms in total. The molecule has 0 fully saturated rings. The Morgan fingerprint density at radius 1 is 0.962 bits per heavy atom. The van der Waals surface area contributed by atoms with E-state index in [1.807, 2.05) is 6.92 Å². The van der Waals surface area contributed by atoms with Crippen LogP contribution in [0.25, 0.3) is 0 Å². The summed E-state index contributed by atoms with van der Waals surface area (Å²) in [5, 5.41) is 2.54. The van der Waals surface area contributed by atoms with Crippen molar-refractivity contribution >= 4 is 17.7 Å². The molecule has 1 rings (SSSR count). The maximum Gasteiger partial charge on any atom is 0.279 e. The first-order chi connectivity index (χ1) is 12.2. The fourth-order valence-corrected chi connectivity index (χ4v) is 2.10. The minimum absolute atomic E-state index is 0.131. The summed E-state index contributed by atoms with van der Waals surface area (Å²) in [5.74, 6) is -0.261. The highest BCUT2D eigenvalue weighted by Crippen LogP contribution is 2.18. The van der Waals surface area contributed by atoms with Gasteiger partial charge in [0.05, 0.1) is 6.61 Å². The van der Waals surface area contributed by atoms with Crippen LogP contribution < -0.4 is 25.6 Å². The van der Waals surface area contributed by atoms with Crippen molar-refractivity contribution in [2.75, 3.05) is 6.61 Å². The number of hydrazine groups is 1. The fourth-order valence-electron chi connectivity index (χ4n) is 2.10. The predicted molar refractivity (Wildman–Crippen MR) is 96.4 cm³/mol. The summed E-state index contributed by atoms with van der Waals surface area (Å²) in [5.41, 5.74) is 4.61. The Balaban J connectivity index is 2.52. The van der Waals surface area contributed by atoms with Crippen LogP contribution >= 0.6 is 0 Å². The summed E-state index contributed by atoms with van der Waals surface area (Å²) in [6.45, 7) is 8.93. The van der Waals surface area contributed by atoms with Crippen molar-refractivity contribution in [3.05, 3.63) is 24.3 Å². The lowest BCUT2D eigenvalue weighted by atomic mass is 10.0. The van der Waals surface area contributed by atoms with Gasteiger partial charge in [0.2, 0.25) is 5.91 Å². The molecule has 1 aromatic carbocycles. The van der Waals surface area contributed by atoms with Crippen LogP contribution in [-0.2, 0) is 14.4 Å². The van der Waals surface area contributed by atoms with E-state index in [9.17, 15) is 14.4 Å². The molecule has 0 aliphatic rings. The van der Waals surface area contributed by atoms with E-state index in [0.717, 1.165) is 0 Å². The summed E-state index contributed by atoms with van der Waals surface area (Å²) < 4.78 is 10.9. The van der Waals surface area contributed by atoms with E-state index in [0.29, 0.717) is 18.1 Å². The Hall–Kier alpha value is -2.77. The van der Waals surface area contributed by atoms with Gasteiger partial charge in [0.25, 0.3) is 11.8 Å². The van der Waals surface area contributed by atoms with Gasteiger partial charge in [0.1, 0.15) is 17.5 Å². The van der Waals surface area contributed by atoms with Gasteiger partial charge in [-0.3, -0.25) is 25.2 Å². The van der Waals surface area contributed by atoms with E-state index in [1.54, 1.807) is 45.0 Å². The van der Waals surface area contributed by atoms with Gasteiger partial charge in [-0.25, -0.2) is 0 Å². The van der Waals surface area contributed by atoms with E-state index >= 15 is 0 Å². The second kappa shape index (κ2) is 10.3. The highest BCUT2D eigenvalue weighted by molar-refractivity contribution is 5.89. The number of hydrogen-bond donors (Lipinski definition) is 3. The van der Waals surface area contributed by atoms with Crippen LogP contribution in [0.3, 0.4) is 0 Å². The van der Waals surface area contributed by atoms with Crippen molar-refractivity contribution in [2.24, 2.45) is 5.92 Å². The molecule has 0 heterocycles. The maximum absolute atomic E-state index is 12.1. The van der Waals surface area contributed by atoms with Gasteiger partial charge in [-0.15, -0.1) is 0 Å². The number of nitrogens with one attached hydrogen (secondary N) is 3. The Morgan fingerprint density at radius 3 is 2.00 bits per heavy atom. The molecule has 8 heteroatoms. The summed E-state index contributed by atoms with van der Waals surface area (Å²) in [7, 11) is 0. The zero-order valence-corrected chi connectivity index (χ0v) is 15.8. The standard InChI is InChI=1S/C18H27N3O5/c1-6-25-14-7-9-15(10-8-14)26-12(4)17(23)20-21-18(24)16(11(2)3)19-13(5)22/h7-12,16H,6H2,1-5H3,(H,19,22)(H,20,23)(H,21,24)/t12-,16+/m0/s1. The molecular weight excluding hydrogens is 338 g/mol. The zero-order valence-electron chi connectivity index (χ0n) is 15.8. The summed E-state index contributed by atoms with van der Waals surface area (Å²) >= 11 is 0. The molecule has 0 aliphatic carbocycles. The lowest BCUT2D eigenvalue weighted by molar-refractivity contribution is -0.135. The Kier molecular flexibility index (Phi) is 8.41. The van der Waals surface area contributed by atoms with Crippen LogP contribution in [0.1, 0.15) is 34.6 Å². The van der Waals surface area contributed by atoms with Gasteiger partial charge in [0.15, 0.2) is 6.10 Å². The first kappa shape index (κ1) is 21.3. The smallest absolute Gasteiger partial charge is 0.279 e. The van der Waals surface area contributed by atoms with E-state index in [-0.39, 0.29) is 11.8 Å². The van der Waals surface area contributed by atoms with Crippen LogP contribution in [0.2, 0.25) is 0 Å². The average Bonchev–Trinajstić information content (AvgIpc) is 2.58. The molecule has 0 bridgehead atoms. The largest absolute Gasteiger partial charge is 0.494 e. The molecule has 1 aromatic rings. The third kappa shape index (κ3) is 7.00. The number of ether oxygens (including phenoxy) is 2. The third-order valence-corrected chi connectivity index (χ3v) is 3.43. The SMILES string of the molecule is CCOc1ccc(O[C@@H](C)C(=O)NNC(=O)[C@H](NC(C)=O)C(C)C)cc1. The summed E-state index contributed by atoms with van der Waals surface area (Å²) in [6, 6.07) is 6.13. The summed E-state index contributed by atoms with van der Waals surface area (Å²) in [6.07, 6.45) is -0.827. The number of benzene rings is 1. The number of rotatable bonds is 8. The minimum Gasteiger partial charge on any atom is -0.494 e. The van der Waals surface area contributed by atoms with Crippen molar-refractivity contribution in [1.29, 1.82) is 0 Å². The van der Waals surface area contributed by atoms with Crippen molar-refractivity contribution in [3.63, 3.8) is 0 Å². The van der Waals surface area contributed by atoms with Crippen molar-refractivity contribution < 1.29 is 23.9 Å². The molecule has 3 N–H and O–H groups in total. The van der Waals surface area contributed by atoms with E-state index < -0.39 is 24.0 Å². The van der Waals surface area contributed by atoms with Gasteiger partial charge < -0.3 is 14.8 Å². The van der Waals surface area contributed by atoms with Crippen molar-refractivity contribution in [2.45, 2.75) is 46.8 Å². The molecule has 0 aromatic heterocycles. The highest BCUT2D eigenvalue weighted by Gasteiger charge is 2.24. The third-order valence-electron chi connectivity index (χ3n) is 3.43. The molecule has 0 spiro atoms. The molecular formula is C18H27N3O5. The Morgan fingerprint density at radius 2 is 1.50 bits per heavy atom. The van der Waals surface area contributed by atoms with Gasteiger partial charge in [-0.1, -0.05) is 13.8 Å². The van der Waals surface area contributed by atoms with E-state index in [4.69, 9.17) is 9.47 Å². The molecule has 0 aliphatic heterocycles. The topological polar surface area (TPSA) is 106 Å². The van der Waals surface area contributed by atoms with Crippen molar-refractivity contribution in [1.82, 2.24) is 16.2 Å². The van der Waals surface area contributed by atoms with Gasteiger partial charge >= 0.3 is 0 Å². The van der Waals surface area contributed by atoms with E-state index in [2.05, 4.69) is 16.2 Å². The predicted octanol–water partition coefficient (Wildman–Crippen LogP) is 1.16. The second-order valence-corrected chi connectivity index (χ2v) is 6.07. The molecule has 2 atom stereocenters. The van der Waals surface area contributed by atoms with Gasteiger partial charge in [-0.05, 0) is 44.0 Å². The normalized spacial score (nSPS) is 12.7. The second-order valence-electron chi connectivity index (χ2n) is 6.07. The van der Waals surface area contributed by atoms with Crippen LogP contribution in [0.15, 0.2) is 24.3 Å². The Bertz CT molecular complexity index is 616.